The largest absolute Gasteiger partial charge is 0.534 e. The van der Waals surface area contributed by atoms with Gasteiger partial charge in [-0.05, 0) is 45.4 Å². The fraction of sp³-hybridized carbons (Fsp3) is 0.500. The number of alkyl halides is 4. The van der Waals surface area contributed by atoms with Crippen molar-refractivity contribution in [1.82, 2.24) is 10.6 Å². The molecule has 12 heteroatoms. The number of carbonyl (C=O) groups is 2. The summed E-state index contributed by atoms with van der Waals surface area (Å²) in [7, 11) is -5.87. The lowest BCUT2D eigenvalue weighted by atomic mass is 9.97. The average molecular weight is 428 g/mol. The molecular formula is C16H20F4N2O5S. The Labute approximate surface area is 159 Å². The number of amides is 2. The van der Waals surface area contributed by atoms with Gasteiger partial charge in [0.05, 0.1) is 6.54 Å². The fourth-order valence-electron chi connectivity index (χ4n) is 1.92. The van der Waals surface area contributed by atoms with E-state index in [0.717, 1.165) is 31.2 Å². The summed E-state index contributed by atoms with van der Waals surface area (Å²) in [5.41, 5.74) is -9.08. The van der Waals surface area contributed by atoms with Crippen LogP contribution in [0.1, 0.15) is 33.3 Å². The van der Waals surface area contributed by atoms with Crippen molar-refractivity contribution in [3.05, 3.63) is 29.8 Å². The molecule has 0 saturated carbocycles. The minimum absolute atomic E-state index is 0.280. The van der Waals surface area contributed by atoms with Crippen LogP contribution in [-0.4, -0.2) is 37.8 Å². The molecule has 0 aromatic heterocycles. The van der Waals surface area contributed by atoms with Crippen LogP contribution in [0.5, 0.6) is 5.75 Å². The quantitative estimate of drug-likeness (QED) is 0.411. The van der Waals surface area contributed by atoms with Crippen LogP contribution in [-0.2, 0) is 25.4 Å². The monoisotopic (exact) mass is 428 g/mol. The van der Waals surface area contributed by atoms with Gasteiger partial charge in [0.2, 0.25) is 11.6 Å². The van der Waals surface area contributed by atoms with Gasteiger partial charge in [0.1, 0.15) is 5.75 Å². The predicted octanol–water partition coefficient (Wildman–Crippen LogP) is 2.13. The zero-order chi connectivity index (χ0) is 22.0. The number of nitrogens with one attached hydrogen (secondary N) is 2. The molecule has 0 aliphatic carbocycles. The van der Waals surface area contributed by atoms with Gasteiger partial charge in [-0.1, -0.05) is 12.1 Å². The van der Waals surface area contributed by atoms with Crippen LogP contribution < -0.4 is 14.8 Å². The van der Waals surface area contributed by atoms with Gasteiger partial charge in [-0.25, -0.2) is 4.39 Å². The molecule has 1 rings (SSSR count). The topological polar surface area (TPSA) is 102 Å². The van der Waals surface area contributed by atoms with Crippen molar-refractivity contribution in [1.29, 1.82) is 0 Å². The van der Waals surface area contributed by atoms with Crippen molar-refractivity contribution in [2.45, 2.75) is 44.4 Å². The van der Waals surface area contributed by atoms with E-state index in [9.17, 15) is 35.6 Å². The third-order valence-corrected chi connectivity index (χ3v) is 4.21. The first-order chi connectivity index (χ1) is 12.5. The molecule has 0 fully saturated rings. The van der Waals surface area contributed by atoms with E-state index < -0.39 is 50.9 Å². The van der Waals surface area contributed by atoms with Crippen LogP contribution in [0.2, 0.25) is 0 Å². The minimum atomic E-state index is -5.87. The Balaban J connectivity index is 2.83. The van der Waals surface area contributed by atoms with E-state index >= 15 is 0 Å². The van der Waals surface area contributed by atoms with Crippen molar-refractivity contribution in [3.8, 4) is 5.75 Å². The summed E-state index contributed by atoms with van der Waals surface area (Å²) in [5, 5.41) is 4.68. The third kappa shape index (κ3) is 6.36. The lowest BCUT2D eigenvalue weighted by Gasteiger charge is -2.23. The summed E-state index contributed by atoms with van der Waals surface area (Å²) in [6, 6.07) is 3.35. The molecule has 0 bridgehead atoms. The number of hydrogen-bond donors (Lipinski definition) is 2. The fourth-order valence-corrected chi connectivity index (χ4v) is 2.38. The second-order valence-electron chi connectivity index (χ2n) is 6.99. The summed E-state index contributed by atoms with van der Waals surface area (Å²) in [6.45, 7) is 5.55. The Morgan fingerprint density at radius 2 is 1.50 bits per heavy atom. The van der Waals surface area contributed by atoms with Gasteiger partial charge in [0.15, 0.2) is 0 Å². The van der Waals surface area contributed by atoms with Gasteiger partial charge >= 0.3 is 15.6 Å². The highest BCUT2D eigenvalue weighted by molar-refractivity contribution is 7.88. The zero-order valence-electron chi connectivity index (χ0n) is 15.5. The molecule has 1 aromatic carbocycles. The van der Waals surface area contributed by atoms with Crippen LogP contribution in [0.15, 0.2) is 24.3 Å². The number of halogens is 4. The van der Waals surface area contributed by atoms with Crippen molar-refractivity contribution in [3.63, 3.8) is 0 Å². The lowest BCUT2D eigenvalue weighted by molar-refractivity contribution is -0.134. The predicted molar refractivity (Wildman–Crippen MR) is 91.4 cm³/mol. The van der Waals surface area contributed by atoms with E-state index in [0.29, 0.717) is 0 Å². The number of benzene rings is 1. The molecule has 2 amide bonds. The average Bonchev–Trinajstić information content (AvgIpc) is 2.50. The number of carbonyl (C=O) groups excluding carboxylic acids is 2. The molecule has 158 valence electrons. The number of rotatable bonds is 6. The molecule has 1 aromatic rings. The molecule has 0 aliphatic rings. The zero-order valence-corrected chi connectivity index (χ0v) is 16.3. The Morgan fingerprint density at radius 1 is 1.00 bits per heavy atom. The first-order valence-corrected chi connectivity index (χ1v) is 9.26. The molecule has 0 aliphatic heterocycles. The second kappa shape index (κ2) is 7.94. The second-order valence-corrected chi connectivity index (χ2v) is 8.53. The molecule has 7 nitrogen and oxygen atoms in total. The third-order valence-electron chi connectivity index (χ3n) is 3.24. The smallest absolute Gasteiger partial charge is 0.376 e. The molecule has 0 radical (unpaired) electrons. The van der Waals surface area contributed by atoms with Gasteiger partial charge in [0.25, 0.3) is 5.91 Å². The van der Waals surface area contributed by atoms with Gasteiger partial charge < -0.3 is 14.8 Å². The van der Waals surface area contributed by atoms with E-state index in [1.807, 2.05) is 0 Å². The summed E-state index contributed by atoms with van der Waals surface area (Å²) in [6.07, 6.45) is 0. The highest BCUT2D eigenvalue weighted by Crippen LogP contribution is 2.30. The Kier molecular flexibility index (Phi) is 6.71. The minimum Gasteiger partial charge on any atom is -0.376 e. The molecule has 28 heavy (non-hydrogen) atoms. The maximum atomic E-state index is 14.8. The van der Waals surface area contributed by atoms with E-state index in [-0.39, 0.29) is 5.56 Å². The number of hydrogen-bond acceptors (Lipinski definition) is 5. The van der Waals surface area contributed by atoms with Crippen molar-refractivity contribution in [2.24, 2.45) is 0 Å². The van der Waals surface area contributed by atoms with Crippen LogP contribution in [0.25, 0.3) is 0 Å². The van der Waals surface area contributed by atoms with Crippen LogP contribution in [0.3, 0.4) is 0 Å². The molecule has 0 spiro atoms. The molecule has 2 N–H and O–H groups in total. The van der Waals surface area contributed by atoms with E-state index in [1.165, 1.54) is 0 Å². The molecule has 0 heterocycles. The Morgan fingerprint density at radius 3 is 1.93 bits per heavy atom. The van der Waals surface area contributed by atoms with Crippen molar-refractivity contribution >= 4 is 21.9 Å². The van der Waals surface area contributed by atoms with E-state index in [1.54, 1.807) is 20.8 Å². The maximum Gasteiger partial charge on any atom is 0.534 e. The SMILES string of the molecule is CC(C)(C)NC(=O)CNC(=O)C(C)(F)c1ccc(OS(=O)(=O)C(F)(F)F)cc1. The Hall–Kier alpha value is -2.37. The van der Waals surface area contributed by atoms with E-state index in [4.69, 9.17) is 0 Å². The highest BCUT2D eigenvalue weighted by Gasteiger charge is 2.48. The van der Waals surface area contributed by atoms with Gasteiger partial charge in [-0.3, -0.25) is 9.59 Å². The summed E-state index contributed by atoms with van der Waals surface area (Å²) in [4.78, 5) is 23.7. The summed E-state index contributed by atoms with van der Waals surface area (Å²) < 4.78 is 77.4. The first-order valence-electron chi connectivity index (χ1n) is 7.85. The lowest BCUT2D eigenvalue weighted by Crippen LogP contribution is -2.48. The van der Waals surface area contributed by atoms with Crippen LogP contribution >= 0.6 is 0 Å². The highest BCUT2D eigenvalue weighted by atomic mass is 32.2. The van der Waals surface area contributed by atoms with Crippen LogP contribution in [0.4, 0.5) is 17.6 Å². The van der Waals surface area contributed by atoms with Gasteiger partial charge in [0, 0.05) is 5.54 Å². The van der Waals surface area contributed by atoms with Crippen LogP contribution in [0, 0.1) is 0 Å². The first kappa shape index (κ1) is 23.7. The molecule has 1 atom stereocenters. The molecule has 1 unspecified atom stereocenters. The summed E-state index contributed by atoms with van der Waals surface area (Å²) >= 11 is 0. The van der Waals surface area contributed by atoms with Gasteiger partial charge in [-0.15, -0.1) is 0 Å². The summed E-state index contributed by atoms with van der Waals surface area (Å²) in [5.74, 6) is -2.41. The van der Waals surface area contributed by atoms with Crippen molar-refractivity contribution in [2.75, 3.05) is 6.54 Å². The molecular weight excluding hydrogens is 408 g/mol. The van der Waals surface area contributed by atoms with Crippen molar-refractivity contribution < 1.29 is 39.8 Å². The van der Waals surface area contributed by atoms with E-state index in [2.05, 4.69) is 14.8 Å². The Bertz CT molecular complexity index is 828. The maximum absolute atomic E-state index is 14.8. The normalized spacial score (nSPS) is 14.7. The molecule has 0 saturated heterocycles. The van der Waals surface area contributed by atoms with Gasteiger partial charge in [-0.2, -0.15) is 21.6 Å². The standard InChI is InChI=1S/C16H20F4N2O5S/c1-14(2,3)22-12(23)9-21-13(24)15(4,17)10-5-7-11(8-6-10)27-28(25,26)16(18,19)20/h5-8H,9H2,1-4H3,(H,21,24)(H,22,23).